The molecule has 86 valence electrons. The van der Waals surface area contributed by atoms with Crippen molar-refractivity contribution in [2.75, 3.05) is 18.5 Å². The monoisotopic (exact) mass is 225 g/mol. The second-order valence-electron chi connectivity index (χ2n) is 3.48. The third-order valence-corrected chi connectivity index (χ3v) is 2.30. The van der Waals surface area contributed by atoms with Gasteiger partial charge in [-0.25, -0.2) is 4.39 Å². The molecule has 0 bridgehead atoms. The Labute approximate surface area is 90.9 Å². The number of benzene rings is 1. The number of hydrogen-bond donors (Lipinski definition) is 4. The van der Waals surface area contributed by atoms with E-state index in [0.717, 1.165) is 0 Å². The molecule has 2 aromatic rings. The van der Waals surface area contributed by atoms with Gasteiger partial charge in [0.2, 0.25) is 0 Å². The Hall–Kier alpha value is -1.66. The van der Waals surface area contributed by atoms with E-state index in [4.69, 9.17) is 10.2 Å². The predicted molar refractivity (Wildman–Crippen MR) is 57.6 cm³/mol. The largest absolute Gasteiger partial charge is 0.394 e. The van der Waals surface area contributed by atoms with Crippen molar-refractivity contribution in [2.45, 2.75) is 6.10 Å². The van der Waals surface area contributed by atoms with E-state index in [1.54, 1.807) is 12.1 Å². The van der Waals surface area contributed by atoms with E-state index in [1.165, 1.54) is 6.20 Å². The predicted octanol–water partition coefficient (Wildman–Crippen LogP) is 0.467. The van der Waals surface area contributed by atoms with E-state index in [-0.39, 0.29) is 18.8 Å². The molecule has 0 aliphatic heterocycles. The third-order valence-electron chi connectivity index (χ3n) is 2.30. The fraction of sp³-hybridized carbons (Fsp3) is 0.300. The summed E-state index contributed by atoms with van der Waals surface area (Å²) in [5.41, 5.74) is 0.896. The van der Waals surface area contributed by atoms with Crippen molar-refractivity contribution in [1.29, 1.82) is 0 Å². The molecule has 0 spiro atoms. The molecule has 0 aliphatic rings. The summed E-state index contributed by atoms with van der Waals surface area (Å²) in [5, 5.41) is 27.3. The molecule has 0 saturated heterocycles. The van der Waals surface area contributed by atoms with Crippen molar-refractivity contribution in [3.63, 3.8) is 0 Å². The van der Waals surface area contributed by atoms with Crippen molar-refractivity contribution < 1.29 is 14.6 Å². The van der Waals surface area contributed by atoms with E-state index in [9.17, 15) is 4.39 Å². The van der Waals surface area contributed by atoms with Crippen LogP contribution in [0, 0.1) is 5.82 Å². The SMILES string of the molecule is OCC(O)CNc1ccc2[nH]ncc2c1F. The Kier molecular flexibility index (Phi) is 3.02. The van der Waals surface area contributed by atoms with Crippen LogP contribution in [-0.2, 0) is 0 Å². The van der Waals surface area contributed by atoms with Crippen molar-refractivity contribution in [3.05, 3.63) is 24.1 Å². The molecular formula is C10H12FN3O2. The summed E-state index contributed by atoms with van der Waals surface area (Å²) in [5.74, 6) is -0.420. The van der Waals surface area contributed by atoms with Crippen LogP contribution in [0.15, 0.2) is 18.3 Å². The van der Waals surface area contributed by atoms with Crippen LogP contribution >= 0.6 is 0 Å². The van der Waals surface area contributed by atoms with Crippen LogP contribution < -0.4 is 5.32 Å². The first-order valence-electron chi connectivity index (χ1n) is 4.86. The highest BCUT2D eigenvalue weighted by Gasteiger charge is 2.09. The summed E-state index contributed by atoms with van der Waals surface area (Å²) in [6.07, 6.45) is 0.498. The highest BCUT2D eigenvalue weighted by atomic mass is 19.1. The standard InChI is InChI=1S/C10H12FN3O2/c11-10-7-4-13-14-8(7)1-2-9(10)12-3-6(16)5-15/h1-2,4,6,12,15-16H,3,5H2,(H,13,14). The van der Waals surface area contributed by atoms with Crippen LogP contribution in [0.25, 0.3) is 10.9 Å². The first-order chi connectivity index (χ1) is 7.72. The molecule has 0 radical (unpaired) electrons. The summed E-state index contributed by atoms with van der Waals surface area (Å²) in [6, 6.07) is 3.25. The van der Waals surface area contributed by atoms with Gasteiger partial charge in [-0.3, -0.25) is 5.10 Å². The number of rotatable bonds is 4. The van der Waals surface area contributed by atoms with Crippen LogP contribution in [0.4, 0.5) is 10.1 Å². The first kappa shape index (κ1) is 10.8. The summed E-state index contributed by atoms with van der Waals surface area (Å²) in [4.78, 5) is 0. The highest BCUT2D eigenvalue weighted by molar-refractivity contribution is 5.82. The minimum atomic E-state index is -0.903. The minimum absolute atomic E-state index is 0.0940. The lowest BCUT2D eigenvalue weighted by molar-refractivity contribution is 0.105. The number of anilines is 1. The molecule has 4 N–H and O–H groups in total. The summed E-state index contributed by atoms with van der Waals surface area (Å²) in [7, 11) is 0. The number of H-pyrrole nitrogens is 1. The van der Waals surface area contributed by atoms with E-state index in [1.807, 2.05) is 0 Å². The van der Waals surface area contributed by atoms with Gasteiger partial charge < -0.3 is 15.5 Å². The minimum Gasteiger partial charge on any atom is -0.394 e. The fourth-order valence-corrected chi connectivity index (χ4v) is 1.41. The van der Waals surface area contributed by atoms with Gasteiger partial charge in [0.1, 0.15) is 0 Å². The van der Waals surface area contributed by atoms with Gasteiger partial charge in [0.15, 0.2) is 5.82 Å². The summed E-state index contributed by atoms with van der Waals surface area (Å²) in [6.45, 7) is -0.265. The molecule has 0 fully saturated rings. The Bertz CT molecular complexity index is 486. The maximum absolute atomic E-state index is 13.8. The van der Waals surface area contributed by atoms with Gasteiger partial charge >= 0.3 is 0 Å². The van der Waals surface area contributed by atoms with Gasteiger partial charge in [-0.1, -0.05) is 0 Å². The number of nitrogens with zero attached hydrogens (tertiary/aromatic N) is 1. The molecule has 6 heteroatoms. The molecule has 16 heavy (non-hydrogen) atoms. The molecule has 1 heterocycles. The fourth-order valence-electron chi connectivity index (χ4n) is 1.41. The van der Waals surface area contributed by atoms with Crippen LogP contribution in [0.5, 0.6) is 0 Å². The highest BCUT2D eigenvalue weighted by Crippen LogP contribution is 2.22. The molecule has 1 aromatic heterocycles. The average Bonchev–Trinajstić information content (AvgIpc) is 2.76. The first-order valence-corrected chi connectivity index (χ1v) is 4.86. The smallest absolute Gasteiger partial charge is 0.157 e. The number of fused-ring (bicyclic) bond motifs is 1. The van der Waals surface area contributed by atoms with Gasteiger partial charge in [0, 0.05) is 6.54 Å². The Balaban J connectivity index is 2.21. The van der Waals surface area contributed by atoms with Gasteiger partial charge in [-0.05, 0) is 12.1 Å². The number of aliphatic hydroxyl groups is 2. The zero-order valence-electron chi connectivity index (χ0n) is 8.44. The average molecular weight is 225 g/mol. The van der Waals surface area contributed by atoms with Crippen molar-refractivity contribution >= 4 is 16.6 Å². The topological polar surface area (TPSA) is 81.2 Å². The lowest BCUT2D eigenvalue weighted by atomic mass is 10.2. The molecule has 2 rings (SSSR count). The van der Waals surface area contributed by atoms with E-state index in [0.29, 0.717) is 10.9 Å². The molecule has 1 atom stereocenters. The Morgan fingerprint density at radius 3 is 3.06 bits per heavy atom. The number of aromatic amines is 1. The summed E-state index contributed by atoms with van der Waals surface area (Å²) >= 11 is 0. The lowest BCUT2D eigenvalue weighted by Crippen LogP contribution is -2.23. The molecule has 0 amide bonds. The van der Waals surface area contributed by atoms with Gasteiger partial charge in [0.05, 0.1) is 35.5 Å². The van der Waals surface area contributed by atoms with Crippen molar-refractivity contribution in [2.24, 2.45) is 0 Å². The second-order valence-corrected chi connectivity index (χ2v) is 3.48. The number of hydrogen-bond acceptors (Lipinski definition) is 4. The van der Waals surface area contributed by atoms with Gasteiger partial charge in [-0.2, -0.15) is 5.10 Å². The number of aromatic nitrogens is 2. The second kappa shape index (κ2) is 4.46. The molecule has 1 unspecified atom stereocenters. The van der Waals surface area contributed by atoms with Gasteiger partial charge in [-0.15, -0.1) is 0 Å². The normalized spacial score (nSPS) is 12.9. The molecule has 0 saturated carbocycles. The Morgan fingerprint density at radius 2 is 2.31 bits per heavy atom. The summed E-state index contributed by atoms with van der Waals surface area (Å²) < 4.78 is 13.8. The van der Waals surface area contributed by atoms with Gasteiger partial charge in [0.25, 0.3) is 0 Å². The zero-order valence-corrected chi connectivity index (χ0v) is 8.44. The van der Waals surface area contributed by atoms with E-state index >= 15 is 0 Å². The number of nitrogens with one attached hydrogen (secondary N) is 2. The lowest BCUT2D eigenvalue weighted by Gasteiger charge is -2.11. The molecule has 5 nitrogen and oxygen atoms in total. The third kappa shape index (κ3) is 1.98. The molecule has 1 aromatic carbocycles. The maximum Gasteiger partial charge on any atom is 0.157 e. The van der Waals surface area contributed by atoms with Crippen molar-refractivity contribution in [3.8, 4) is 0 Å². The van der Waals surface area contributed by atoms with E-state index in [2.05, 4.69) is 15.5 Å². The van der Waals surface area contributed by atoms with Crippen LogP contribution in [-0.4, -0.2) is 39.7 Å². The Morgan fingerprint density at radius 1 is 1.50 bits per heavy atom. The van der Waals surface area contributed by atoms with Crippen molar-refractivity contribution in [1.82, 2.24) is 10.2 Å². The molecule has 0 aliphatic carbocycles. The quantitative estimate of drug-likeness (QED) is 0.609. The van der Waals surface area contributed by atoms with E-state index < -0.39 is 11.9 Å². The maximum atomic E-state index is 13.8. The number of halogens is 1. The van der Waals surface area contributed by atoms with Crippen LogP contribution in [0.1, 0.15) is 0 Å². The van der Waals surface area contributed by atoms with Crippen LogP contribution in [0.2, 0.25) is 0 Å². The molecular weight excluding hydrogens is 213 g/mol. The number of aliphatic hydroxyl groups excluding tert-OH is 2. The van der Waals surface area contributed by atoms with Crippen LogP contribution in [0.3, 0.4) is 0 Å². The zero-order chi connectivity index (χ0) is 11.5.